The third kappa shape index (κ3) is 6.63. The standard InChI is InChI=1S/C28H28Cl2N4O3/c29-24-7-4-8-25(26(24)30)33-17-15-32(16-18-33)13-1-2-14-34(28(36)37)23-11-9-20(10-12-23)21-5-3-6-22(19-21)27(31)35/h1-12,19H,13-18H2,(H2,31,35)(H,36,37)/b2-1+. The molecule has 3 aromatic rings. The molecule has 1 heterocycles. The van der Waals surface area contributed by atoms with Crippen molar-refractivity contribution in [1.82, 2.24) is 4.90 Å². The number of anilines is 2. The molecule has 4 rings (SSSR count). The Labute approximate surface area is 226 Å². The summed E-state index contributed by atoms with van der Waals surface area (Å²) >= 11 is 12.5. The number of nitrogens with zero attached hydrogens (tertiary/aromatic N) is 3. The molecule has 0 atom stereocenters. The van der Waals surface area contributed by atoms with Gasteiger partial charge < -0.3 is 15.7 Å². The monoisotopic (exact) mass is 538 g/mol. The van der Waals surface area contributed by atoms with Crippen LogP contribution in [0.5, 0.6) is 0 Å². The summed E-state index contributed by atoms with van der Waals surface area (Å²) in [6, 6.07) is 19.9. The average Bonchev–Trinajstić information content (AvgIpc) is 2.91. The van der Waals surface area contributed by atoms with E-state index in [-0.39, 0.29) is 6.54 Å². The Morgan fingerprint density at radius 3 is 2.30 bits per heavy atom. The molecule has 2 amide bonds. The van der Waals surface area contributed by atoms with E-state index in [1.165, 1.54) is 4.90 Å². The van der Waals surface area contributed by atoms with Crippen LogP contribution in [0.3, 0.4) is 0 Å². The SMILES string of the molecule is NC(=O)c1cccc(-c2ccc(N(C/C=C/CN3CCN(c4cccc(Cl)c4Cl)CC3)C(=O)O)cc2)c1. The molecule has 1 aliphatic rings. The van der Waals surface area contributed by atoms with Crippen molar-refractivity contribution in [2.75, 3.05) is 49.1 Å². The number of hydrogen-bond acceptors (Lipinski definition) is 4. The highest BCUT2D eigenvalue weighted by Crippen LogP contribution is 2.33. The molecule has 0 spiro atoms. The summed E-state index contributed by atoms with van der Waals surface area (Å²) in [5, 5.41) is 10.9. The van der Waals surface area contributed by atoms with Gasteiger partial charge in [-0.25, -0.2) is 4.79 Å². The Morgan fingerprint density at radius 1 is 0.919 bits per heavy atom. The number of benzene rings is 3. The molecule has 1 fully saturated rings. The minimum atomic E-state index is -1.03. The third-order valence-corrected chi connectivity index (χ3v) is 7.16. The van der Waals surface area contributed by atoms with Crippen LogP contribution in [0.15, 0.2) is 78.9 Å². The van der Waals surface area contributed by atoms with E-state index < -0.39 is 12.0 Å². The van der Waals surface area contributed by atoms with Crippen molar-refractivity contribution in [3.05, 3.63) is 94.5 Å². The molecule has 9 heteroatoms. The molecule has 37 heavy (non-hydrogen) atoms. The summed E-state index contributed by atoms with van der Waals surface area (Å²) in [7, 11) is 0. The van der Waals surface area contributed by atoms with Crippen LogP contribution in [0, 0.1) is 0 Å². The largest absolute Gasteiger partial charge is 0.465 e. The Balaban J connectivity index is 1.31. The normalized spacial score (nSPS) is 14.2. The van der Waals surface area contributed by atoms with E-state index >= 15 is 0 Å². The second-order valence-electron chi connectivity index (χ2n) is 8.72. The molecule has 0 radical (unpaired) electrons. The maximum atomic E-state index is 11.9. The number of carboxylic acid groups (broad SMARTS) is 1. The lowest BCUT2D eigenvalue weighted by Gasteiger charge is -2.36. The second-order valence-corrected chi connectivity index (χ2v) is 9.50. The molecule has 7 nitrogen and oxygen atoms in total. The molecule has 0 aromatic heterocycles. The zero-order valence-corrected chi connectivity index (χ0v) is 21.7. The minimum absolute atomic E-state index is 0.240. The van der Waals surface area contributed by atoms with Crippen LogP contribution < -0.4 is 15.5 Å². The van der Waals surface area contributed by atoms with Crippen LogP contribution in [0.2, 0.25) is 10.0 Å². The fraction of sp³-hybridized carbons (Fsp3) is 0.214. The second kappa shape index (κ2) is 12.1. The van der Waals surface area contributed by atoms with Gasteiger partial charge in [0.1, 0.15) is 0 Å². The fourth-order valence-electron chi connectivity index (χ4n) is 4.29. The number of carbonyl (C=O) groups is 2. The number of halogens is 2. The number of carbonyl (C=O) groups excluding carboxylic acids is 1. The molecular formula is C28H28Cl2N4O3. The third-order valence-electron chi connectivity index (χ3n) is 6.35. The molecular weight excluding hydrogens is 511 g/mol. The number of rotatable bonds is 8. The molecule has 192 valence electrons. The van der Waals surface area contributed by atoms with E-state index in [4.69, 9.17) is 28.9 Å². The molecule has 0 saturated carbocycles. The van der Waals surface area contributed by atoms with Gasteiger partial charge in [-0.2, -0.15) is 0 Å². The number of primary amides is 1. The number of nitrogens with two attached hydrogens (primary N) is 1. The molecule has 0 unspecified atom stereocenters. The Morgan fingerprint density at radius 2 is 1.62 bits per heavy atom. The molecule has 1 saturated heterocycles. The van der Waals surface area contributed by atoms with Gasteiger partial charge in [0.2, 0.25) is 5.91 Å². The smallest absolute Gasteiger partial charge is 0.412 e. The van der Waals surface area contributed by atoms with Gasteiger partial charge in [-0.15, -0.1) is 0 Å². The van der Waals surface area contributed by atoms with E-state index in [0.717, 1.165) is 49.5 Å². The maximum absolute atomic E-state index is 11.9. The number of amides is 2. The Bertz CT molecular complexity index is 1290. The highest BCUT2D eigenvalue weighted by molar-refractivity contribution is 6.43. The molecule has 3 N–H and O–H groups in total. The lowest BCUT2D eigenvalue weighted by atomic mass is 10.0. The zero-order chi connectivity index (χ0) is 26.4. The van der Waals surface area contributed by atoms with Gasteiger partial charge in [0.25, 0.3) is 0 Å². The first-order valence-electron chi connectivity index (χ1n) is 11.9. The van der Waals surface area contributed by atoms with Gasteiger partial charge in [-0.1, -0.05) is 65.7 Å². The van der Waals surface area contributed by atoms with Crippen molar-refractivity contribution in [2.24, 2.45) is 5.73 Å². The fourth-order valence-corrected chi connectivity index (χ4v) is 4.71. The van der Waals surface area contributed by atoms with Crippen LogP contribution in [0.1, 0.15) is 10.4 Å². The summed E-state index contributed by atoms with van der Waals surface area (Å²) in [4.78, 5) is 29.2. The van der Waals surface area contributed by atoms with Crippen molar-refractivity contribution >= 4 is 46.6 Å². The summed E-state index contributed by atoms with van der Waals surface area (Å²) in [6.07, 6.45) is 2.85. The van der Waals surface area contributed by atoms with Gasteiger partial charge in [0.15, 0.2) is 0 Å². The first kappa shape index (κ1) is 26.5. The van der Waals surface area contributed by atoms with E-state index in [2.05, 4.69) is 9.80 Å². The van der Waals surface area contributed by atoms with Crippen molar-refractivity contribution in [1.29, 1.82) is 0 Å². The topological polar surface area (TPSA) is 90.1 Å². The minimum Gasteiger partial charge on any atom is -0.465 e. The average molecular weight is 539 g/mol. The highest BCUT2D eigenvalue weighted by atomic mass is 35.5. The van der Waals surface area contributed by atoms with Crippen molar-refractivity contribution in [3.63, 3.8) is 0 Å². The van der Waals surface area contributed by atoms with Gasteiger partial charge in [-0.3, -0.25) is 14.6 Å². The Kier molecular flexibility index (Phi) is 8.71. The molecule has 1 aliphatic heterocycles. The van der Waals surface area contributed by atoms with Crippen LogP contribution in [0.4, 0.5) is 16.2 Å². The summed E-state index contributed by atoms with van der Waals surface area (Å²) in [6.45, 7) is 4.39. The summed E-state index contributed by atoms with van der Waals surface area (Å²) in [5.41, 5.74) is 9.02. The molecule has 0 aliphatic carbocycles. The van der Waals surface area contributed by atoms with Crippen molar-refractivity contribution in [2.45, 2.75) is 0 Å². The van der Waals surface area contributed by atoms with Gasteiger partial charge in [0.05, 0.1) is 15.7 Å². The van der Waals surface area contributed by atoms with Crippen LogP contribution in [-0.2, 0) is 0 Å². The molecule has 0 bridgehead atoms. The van der Waals surface area contributed by atoms with Gasteiger partial charge in [0, 0.05) is 50.5 Å². The first-order chi connectivity index (χ1) is 17.8. The van der Waals surface area contributed by atoms with Crippen LogP contribution >= 0.6 is 23.2 Å². The van der Waals surface area contributed by atoms with E-state index in [0.29, 0.717) is 21.3 Å². The van der Waals surface area contributed by atoms with Gasteiger partial charge in [-0.05, 0) is 47.5 Å². The predicted molar refractivity (Wildman–Crippen MR) is 150 cm³/mol. The van der Waals surface area contributed by atoms with E-state index in [1.54, 1.807) is 36.4 Å². The van der Waals surface area contributed by atoms with Crippen molar-refractivity contribution < 1.29 is 14.7 Å². The van der Waals surface area contributed by atoms with E-state index in [1.807, 2.05) is 42.5 Å². The Hall–Kier alpha value is -3.52. The highest BCUT2D eigenvalue weighted by Gasteiger charge is 2.19. The quantitative estimate of drug-likeness (QED) is 0.363. The van der Waals surface area contributed by atoms with E-state index in [9.17, 15) is 14.7 Å². The first-order valence-corrected chi connectivity index (χ1v) is 12.7. The van der Waals surface area contributed by atoms with Crippen LogP contribution in [-0.4, -0.2) is 61.3 Å². The van der Waals surface area contributed by atoms with Gasteiger partial charge >= 0.3 is 6.09 Å². The zero-order valence-electron chi connectivity index (χ0n) is 20.2. The number of hydrogen-bond donors (Lipinski definition) is 2. The lowest BCUT2D eigenvalue weighted by Crippen LogP contribution is -2.46. The van der Waals surface area contributed by atoms with Crippen LogP contribution in [0.25, 0.3) is 11.1 Å². The van der Waals surface area contributed by atoms with Crippen molar-refractivity contribution in [3.8, 4) is 11.1 Å². The summed E-state index contributed by atoms with van der Waals surface area (Å²) in [5.74, 6) is -0.491. The maximum Gasteiger partial charge on any atom is 0.412 e. The predicted octanol–water partition coefficient (Wildman–Crippen LogP) is 5.62. The lowest BCUT2D eigenvalue weighted by molar-refractivity contribution is 0.1000. The summed E-state index contributed by atoms with van der Waals surface area (Å²) < 4.78 is 0. The molecule has 3 aromatic carbocycles. The number of piperazine rings is 1.